The maximum Gasteiger partial charge on any atom is 0.321 e. The summed E-state index contributed by atoms with van der Waals surface area (Å²) in [6, 6.07) is 28.2. The highest BCUT2D eigenvalue weighted by atomic mass is 35.5. The Bertz CT molecular complexity index is 1270. The van der Waals surface area contributed by atoms with Crippen LogP contribution in [0.2, 0.25) is 10.0 Å². The maximum absolute atomic E-state index is 11.5. The van der Waals surface area contributed by atoms with Crippen molar-refractivity contribution in [3.63, 3.8) is 0 Å². The molecule has 2 N–H and O–H groups in total. The van der Waals surface area contributed by atoms with Crippen molar-refractivity contribution < 1.29 is 19.1 Å². The molecule has 208 valence electrons. The fourth-order valence-corrected chi connectivity index (χ4v) is 3.21. The van der Waals surface area contributed by atoms with Crippen molar-refractivity contribution in [2.75, 3.05) is 38.8 Å². The lowest BCUT2D eigenvalue weighted by molar-refractivity contribution is 0.230. The number of halogens is 2. The fourth-order valence-electron chi connectivity index (χ4n) is 2.96. The predicted octanol–water partition coefficient (Wildman–Crippen LogP) is 8.45. The Morgan fingerprint density at radius 2 is 0.750 bits per heavy atom. The summed E-state index contributed by atoms with van der Waals surface area (Å²) in [5, 5.41) is 6.84. The lowest BCUT2D eigenvalue weighted by Crippen LogP contribution is -2.27. The second-order valence-corrected chi connectivity index (χ2v) is 9.68. The third kappa shape index (κ3) is 10.1. The molecule has 0 aliphatic carbocycles. The molecule has 0 aliphatic rings. The van der Waals surface area contributed by atoms with Crippen molar-refractivity contribution in [3.05, 3.63) is 107 Å². The van der Waals surface area contributed by atoms with Gasteiger partial charge in [0, 0.05) is 49.6 Å². The van der Waals surface area contributed by atoms with Crippen LogP contribution < -0.4 is 20.1 Å². The van der Waals surface area contributed by atoms with E-state index in [9.17, 15) is 9.59 Å². The summed E-state index contributed by atoms with van der Waals surface area (Å²) in [5.74, 6) is 2.80. The van der Waals surface area contributed by atoms with Crippen LogP contribution in [0.25, 0.3) is 0 Å². The summed E-state index contributed by atoms with van der Waals surface area (Å²) in [6.07, 6.45) is 0. The highest BCUT2D eigenvalue weighted by Crippen LogP contribution is 2.25. The van der Waals surface area contributed by atoms with Crippen LogP contribution in [0, 0.1) is 0 Å². The summed E-state index contributed by atoms with van der Waals surface area (Å²) in [6.45, 7) is 0. The molecule has 4 amide bonds. The number of urea groups is 2. The Labute approximate surface area is 244 Å². The number of nitrogens with zero attached hydrogens (tertiary/aromatic N) is 2. The molecule has 4 aromatic carbocycles. The minimum absolute atomic E-state index is 0.170. The van der Waals surface area contributed by atoms with Gasteiger partial charge in [-0.25, -0.2) is 9.59 Å². The molecule has 0 saturated carbocycles. The Morgan fingerprint density at radius 1 is 0.500 bits per heavy atom. The molecule has 0 unspecified atom stereocenters. The average Bonchev–Trinajstić information content (AvgIpc) is 2.93. The number of nitrogens with one attached hydrogen (secondary N) is 2. The fraction of sp³-hybridized carbons (Fsp3) is 0.133. The van der Waals surface area contributed by atoms with Crippen molar-refractivity contribution in [2.45, 2.75) is 0 Å². The molecule has 0 fully saturated rings. The van der Waals surface area contributed by atoms with Crippen molar-refractivity contribution in [3.8, 4) is 23.0 Å². The first-order valence-electron chi connectivity index (χ1n) is 12.1. The van der Waals surface area contributed by atoms with Gasteiger partial charge in [-0.1, -0.05) is 23.2 Å². The number of hydrogen-bond acceptors (Lipinski definition) is 4. The highest BCUT2D eigenvalue weighted by molar-refractivity contribution is 6.30. The van der Waals surface area contributed by atoms with Crippen LogP contribution in [-0.4, -0.2) is 50.1 Å². The number of anilines is 2. The number of carbonyl (C=O) groups is 2. The van der Waals surface area contributed by atoms with E-state index < -0.39 is 0 Å². The number of carbonyl (C=O) groups excluding carboxylic acids is 2. The lowest BCUT2D eigenvalue weighted by atomic mass is 10.3. The third-order valence-corrected chi connectivity index (χ3v) is 5.63. The number of benzene rings is 4. The SMILES string of the molecule is CN(C)C(=O)Nc1ccc(Oc2ccc(Cl)cc2)cc1.CN(C)C(=O)Nc1ccc(Oc2ccc(Cl)cc2)cc1. The molecule has 8 nitrogen and oxygen atoms in total. The minimum atomic E-state index is -0.170. The molecule has 0 aromatic heterocycles. The average molecular weight is 582 g/mol. The van der Waals surface area contributed by atoms with E-state index in [2.05, 4.69) is 10.6 Å². The molecule has 10 heteroatoms. The summed E-state index contributed by atoms with van der Waals surface area (Å²) >= 11 is 11.6. The molecule has 4 rings (SSSR count). The number of hydrogen-bond donors (Lipinski definition) is 2. The van der Waals surface area contributed by atoms with Gasteiger partial charge in [-0.15, -0.1) is 0 Å². The van der Waals surface area contributed by atoms with Crippen LogP contribution in [0.15, 0.2) is 97.1 Å². The van der Waals surface area contributed by atoms with Crippen molar-refractivity contribution >= 4 is 46.6 Å². The van der Waals surface area contributed by atoms with Gasteiger partial charge in [0.05, 0.1) is 0 Å². The van der Waals surface area contributed by atoms with E-state index in [-0.39, 0.29) is 12.1 Å². The zero-order valence-electron chi connectivity index (χ0n) is 22.5. The lowest BCUT2D eigenvalue weighted by Gasteiger charge is -2.12. The van der Waals surface area contributed by atoms with Gasteiger partial charge < -0.3 is 29.9 Å². The van der Waals surface area contributed by atoms with Crippen molar-refractivity contribution in [2.24, 2.45) is 0 Å². The number of amides is 4. The largest absolute Gasteiger partial charge is 0.457 e. The van der Waals surface area contributed by atoms with Crippen LogP contribution >= 0.6 is 23.2 Å². The Morgan fingerprint density at radius 3 is 1.00 bits per heavy atom. The van der Waals surface area contributed by atoms with Crippen LogP contribution in [0.1, 0.15) is 0 Å². The molecule has 0 saturated heterocycles. The standard InChI is InChI=1S/2C15H15ClN2O2/c2*1-18(2)15(19)17-12-5-9-14(10-6-12)20-13-7-3-11(16)4-8-13/h2*3-10H,1-2H3,(H,17,19). The van der Waals surface area contributed by atoms with E-state index in [4.69, 9.17) is 32.7 Å². The van der Waals surface area contributed by atoms with E-state index in [1.54, 1.807) is 125 Å². The number of rotatable bonds is 6. The molecule has 0 atom stereocenters. The molecule has 40 heavy (non-hydrogen) atoms. The summed E-state index contributed by atoms with van der Waals surface area (Å²) in [4.78, 5) is 25.9. The van der Waals surface area contributed by atoms with Gasteiger partial charge in [0.1, 0.15) is 23.0 Å². The Balaban J connectivity index is 0.000000220. The molecule has 4 aromatic rings. The predicted molar refractivity (Wildman–Crippen MR) is 161 cm³/mol. The molecule has 0 heterocycles. The van der Waals surface area contributed by atoms with Crippen molar-refractivity contribution in [1.29, 1.82) is 0 Å². The van der Waals surface area contributed by atoms with Crippen molar-refractivity contribution in [1.82, 2.24) is 9.80 Å². The topological polar surface area (TPSA) is 83.1 Å². The summed E-state index contributed by atoms with van der Waals surface area (Å²) in [5.41, 5.74) is 1.43. The van der Waals surface area contributed by atoms with Crippen LogP contribution in [0.4, 0.5) is 21.0 Å². The number of ether oxygens (including phenoxy) is 2. The monoisotopic (exact) mass is 580 g/mol. The van der Waals surface area contributed by atoms with E-state index in [1.807, 2.05) is 0 Å². The summed E-state index contributed by atoms with van der Waals surface area (Å²) < 4.78 is 11.3. The van der Waals surface area contributed by atoms with Gasteiger partial charge >= 0.3 is 12.1 Å². The van der Waals surface area contributed by atoms with Gasteiger partial charge in [0.15, 0.2) is 0 Å². The van der Waals surface area contributed by atoms with Gasteiger partial charge in [-0.05, 0) is 97.1 Å². The van der Waals surface area contributed by atoms with Crippen LogP contribution in [-0.2, 0) is 0 Å². The van der Waals surface area contributed by atoms with E-state index in [0.29, 0.717) is 44.4 Å². The minimum Gasteiger partial charge on any atom is -0.457 e. The first kappa shape index (κ1) is 30.1. The Kier molecular flexibility index (Phi) is 11.1. The first-order valence-corrected chi connectivity index (χ1v) is 12.9. The smallest absolute Gasteiger partial charge is 0.321 e. The van der Waals surface area contributed by atoms with E-state index in [1.165, 1.54) is 9.80 Å². The maximum atomic E-state index is 11.5. The van der Waals surface area contributed by atoms with Gasteiger partial charge in [-0.2, -0.15) is 0 Å². The highest BCUT2D eigenvalue weighted by Gasteiger charge is 2.05. The normalized spacial score (nSPS) is 9.95. The molecular formula is C30H30Cl2N4O4. The zero-order valence-corrected chi connectivity index (χ0v) is 24.0. The van der Waals surface area contributed by atoms with Gasteiger partial charge in [-0.3, -0.25) is 0 Å². The molecule has 0 bridgehead atoms. The van der Waals surface area contributed by atoms with Crippen LogP contribution in [0.3, 0.4) is 0 Å². The second-order valence-electron chi connectivity index (χ2n) is 8.81. The molecular weight excluding hydrogens is 551 g/mol. The van der Waals surface area contributed by atoms with Gasteiger partial charge in [0.2, 0.25) is 0 Å². The molecule has 0 spiro atoms. The third-order valence-electron chi connectivity index (χ3n) is 5.12. The Hall–Kier alpha value is -4.40. The van der Waals surface area contributed by atoms with E-state index >= 15 is 0 Å². The van der Waals surface area contributed by atoms with E-state index in [0.717, 1.165) is 0 Å². The zero-order chi connectivity index (χ0) is 29.1. The quantitative estimate of drug-likeness (QED) is 0.239. The summed E-state index contributed by atoms with van der Waals surface area (Å²) in [7, 11) is 6.75. The van der Waals surface area contributed by atoms with Gasteiger partial charge in [0.25, 0.3) is 0 Å². The molecule has 0 radical (unpaired) electrons. The van der Waals surface area contributed by atoms with Crippen LogP contribution in [0.5, 0.6) is 23.0 Å². The molecule has 0 aliphatic heterocycles. The second kappa shape index (κ2) is 14.7. The first-order chi connectivity index (χ1) is 19.1.